The van der Waals surface area contributed by atoms with E-state index in [1.165, 1.54) is 23.2 Å². The van der Waals surface area contributed by atoms with Gasteiger partial charge in [-0.15, -0.1) is 0 Å². The Morgan fingerprint density at radius 3 is 2.56 bits per heavy atom. The van der Waals surface area contributed by atoms with E-state index in [1.54, 1.807) is 0 Å². The fourth-order valence-electron chi connectivity index (χ4n) is 1.85. The van der Waals surface area contributed by atoms with Gasteiger partial charge in [0.2, 0.25) is 0 Å². The van der Waals surface area contributed by atoms with E-state index in [0.29, 0.717) is 0 Å². The molecule has 0 saturated heterocycles. The topological polar surface area (TPSA) is 15.8 Å². The zero-order chi connectivity index (χ0) is 11.4. The molecule has 1 heterocycles. The van der Waals surface area contributed by atoms with E-state index in [2.05, 4.69) is 36.3 Å². The highest BCUT2D eigenvalue weighted by Gasteiger charge is 2.00. The van der Waals surface area contributed by atoms with Crippen LogP contribution in [0, 0.1) is 0 Å². The molecule has 1 aromatic heterocycles. The van der Waals surface area contributed by atoms with E-state index >= 15 is 0 Å². The number of aromatic nitrogens is 1. The Bertz CT molecular complexity index is 442. The SMILES string of the molecule is CCCc1cc(Cc2ccc(Cl)cc2)c[nH]1. The number of aryl methyl sites for hydroxylation is 1. The number of H-pyrrole nitrogens is 1. The van der Waals surface area contributed by atoms with E-state index < -0.39 is 0 Å². The summed E-state index contributed by atoms with van der Waals surface area (Å²) < 4.78 is 0. The van der Waals surface area contributed by atoms with Crippen molar-refractivity contribution in [3.8, 4) is 0 Å². The maximum Gasteiger partial charge on any atom is 0.0406 e. The predicted octanol–water partition coefficient (Wildman–Crippen LogP) is 4.21. The molecule has 0 aliphatic rings. The maximum absolute atomic E-state index is 5.85. The molecule has 0 aliphatic heterocycles. The van der Waals surface area contributed by atoms with Gasteiger partial charge in [-0.3, -0.25) is 0 Å². The van der Waals surface area contributed by atoms with Crippen LogP contribution in [0.25, 0.3) is 0 Å². The molecule has 1 N–H and O–H groups in total. The Hall–Kier alpha value is -1.21. The molecule has 2 aromatic rings. The number of nitrogens with one attached hydrogen (secondary N) is 1. The van der Waals surface area contributed by atoms with Crippen LogP contribution in [0.5, 0.6) is 0 Å². The quantitative estimate of drug-likeness (QED) is 0.814. The monoisotopic (exact) mass is 233 g/mol. The van der Waals surface area contributed by atoms with Gasteiger partial charge in [0.25, 0.3) is 0 Å². The number of hydrogen-bond donors (Lipinski definition) is 1. The number of benzene rings is 1. The Morgan fingerprint density at radius 2 is 1.88 bits per heavy atom. The van der Waals surface area contributed by atoms with E-state index in [0.717, 1.165) is 17.9 Å². The Morgan fingerprint density at radius 1 is 1.12 bits per heavy atom. The van der Waals surface area contributed by atoms with E-state index in [9.17, 15) is 0 Å². The lowest BCUT2D eigenvalue weighted by Gasteiger charge is -1.98. The summed E-state index contributed by atoms with van der Waals surface area (Å²) in [5, 5.41) is 0.796. The van der Waals surface area contributed by atoms with Crippen LogP contribution in [-0.4, -0.2) is 4.98 Å². The van der Waals surface area contributed by atoms with Crippen molar-refractivity contribution in [2.75, 3.05) is 0 Å². The third-order valence-electron chi connectivity index (χ3n) is 2.64. The Labute approximate surface area is 101 Å². The standard InChI is InChI=1S/C14H16ClN/c1-2-3-14-9-12(10-16-14)8-11-4-6-13(15)7-5-11/h4-7,9-10,16H,2-3,8H2,1H3. The van der Waals surface area contributed by atoms with Gasteiger partial charge in [-0.25, -0.2) is 0 Å². The summed E-state index contributed by atoms with van der Waals surface area (Å²) in [6.45, 7) is 2.19. The van der Waals surface area contributed by atoms with Crippen LogP contribution < -0.4 is 0 Å². The Balaban J connectivity index is 2.05. The molecular formula is C14H16ClN. The third kappa shape index (κ3) is 2.89. The van der Waals surface area contributed by atoms with E-state index in [4.69, 9.17) is 11.6 Å². The highest BCUT2D eigenvalue weighted by atomic mass is 35.5. The maximum atomic E-state index is 5.85. The number of rotatable bonds is 4. The van der Waals surface area contributed by atoms with Crippen LogP contribution in [0.4, 0.5) is 0 Å². The average Bonchev–Trinajstić information content (AvgIpc) is 2.70. The van der Waals surface area contributed by atoms with Crippen molar-refractivity contribution in [3.05, 3.63) is 58.4 Å². The van der Waals surface area contributed by atoms with Gasteiger partial charge in [-0.2, -0.15) is 0 Å². The molecule has 0 spiro atoms. The van der Waals surface area contributed by atoms with Gasteiger partial charge in [0.15, 0.2) is 0 Å². The molecule has 84 valence electrons. The molecule has 2 rings (SSSR count). The normalized spacial score (nSPS) is 10.6. The molecule has 2 heteroatoms. The van der Waals surface area contributed by atoms with Crippen molar-refractivity contribution < 1.29 is 0 Å². The van der Waals surface area contributed by atoms with Crippen LogP contribution in [0.15, 0.2) is 36.5 Å². The largest absolute Gasteiger partial charge is 0.365 e. The third-order valence-corrected chi connectivity index (χ3v) is 2.90. The second-order valence-electron chi connectivity index (χ2n) is 4.09. The number of hydrogen-bond acceptors (Lipinski definition) is 0. The van der Waals surface area contributed by atoms with Crippen LogP contribution in [0.2, 0.25) is 5.02 Å². The van der Waals surface area contributed by atoms with Crippen LogP contribution in [0.1, 0.15) is 30.2 Å². The second kappa shape index (κ2) is 5.22. The summed E-state index contributed by atoms with van der Waals surface area (Å²) in [5.74, 6) is 0. The molecule has 0 fully saturated rings. The molecule has 16 heavy (non-hydrogen) atoms. The summed E-state index contributed by atoms with van der Waals surface area (Å²) in [6, 6.07) is 10.3. The summed E-state index contributed by atoms with van der Waals surface area (Å²) in [5.41, 5.74) is 3.96. The van der Waals surface area contributed by atoms with Crippen molar-refractivity contribution in [2.24, 2.45) is 0 Å². The molecule has 0 aliphatic carbocycles. The van der Waals surface area contributed by atoms with Crippen molar-refractivity contribution in [3.63, 3.8) is 0 Å². The highest BCUT2D eigenvalue weighted by molar-refractivity contribution is 6.30. The molecule has 0 radical (unpaired) electrons. The van der Waals surface area contributed by atoms with Crippen molar-refractivity contribution in [1.29, 1.82) is 0 Å². The van der Waals surface area contributed by atoms with Gasteiger partial charge in [0.05, 0.1) is 0 Å². The first-order valence-corrected chi connectivity index (χ1v) is 6.06. The zero-order valence-corrected chi connectivity index (χ0v) is 10.2. The zero-order valence-electron chi connectivity index (χ0n) is 9.46. The minimum absolute atomic E-state index is 0.796. The predicted molar refractivity (Wildman–Crippen MR) is 69.0 cm³/mol. The fraction of sp³-hybridized carbons (Fsp3) is 0.286. The van der Waals surface area contributed by atoms with Crippen molar-refractivity contribution in [2.45, 2.75) is 26.2 Å². The Kier molecular flexibility index (Phi) is 3.68. The molecule has 0 saturated carbocycles. The summed E-state index contributed by atoms with van der Waals surface area (Å²) in [4.78, 5) is 3.31. The van der Waals surface area contributed by atoms with Crippen molar-refractivity contribution in [1.82, 2.24) is 4.98 Å². The number of aromatic amines is 1. The minimum atomic E-state index is 0.796. The van der Waals surface area contributed by atoms with Crippen LogP contribution in [-0.2, 0) is 12.8 Å². The van der Waals surface area contributed by atoms with E-state index in [1.807, 2.05) is 12.1 Å². The van der Waals surface area contributed by atoms with Gasteiger partial charge < -0.3 is 4.98 Å². The minimum Gasteiger partial charge on any atom is -0.365 e. The molecule has 1 aromatic carbocycles. The fourth-order valence-corrected chi connectivity index (χ4v) is 1.97. The lowest BCUT2D eigenvalue weighted by molar-refractivity contribution is 0.892. The number of halogens is 1. The molecule has 0 bridgehead atoms. The highest BCUT2D eigenvalue weighted by Crippen LogP contribution is 2.14. The smallest absolute Gasteiger partial charge is 0.0406 e. The summed E-state index contributed by atoms with van der Waals surface area (Å²) in [6.07, 6.45) is 5.37. The van der Waals surface area contributed by atoms with Crippen LogP contribution in [0.3, 0.4) is 0 Å². The first-order valence-electron chi connectivity index (χ1n) is 5.68. The second-order valence-corrected chi connectivity index (χ2v) is 4.52. The molecule has 1 nitrogen and oxygen atoms in total. The van der Waals surface area contributed by atoms with Gasteiger partial charge in [-0.1, -0.05) is 37.1 Å². The lowest BCUT2D eigenvalue weighted by atomic mass is 10.1. The molecular weight excluding hydrogens is 218 g/mol. The lowest BCUT2D eigenvalue weighted by Crippen LogP contribution is -1.84. The summed E-state index contributed by atoms with van der Waals surface area (Å²) in [7, 11) is 0. The van der Waals surface area contributed by atoms with E-state index in [-0.39, 0.29) is 0 Å². The van der Waals surface area contributed by atoms with Gasteiger partial charge >= 0.3 is 0 Å². The van der Waals surface area contributed by atoms with Crippen LogP contribution >= 0.6 is 11.6 Å². The first kappa shape index (κ1) is 11.3. The average molecular weight is 234 g/mol. The van der Waals surface area contributed by atoms with Gasteiger partial charge in [0, 0.05) is 16.9 Å². The van der Waals surface area contributed by atoms with Gasteiger partial charge in [-0.05, 0) is 42.2 Å². The van der Waals surface area contributed by atoms with Crippen molar-refractivity contribution >= 4 is 11.6 Å². The first-order chi connectivity index (χ1) is 7.78. The molecule has 0 unspecified atom stereocenters. The molecule has 0 amide bonds. The molecule has 0 atom stereocenters. The van der Waals surface area contributed by atoms with Gasteiger partial charge in [0.1, 0.15) is 0 Å². The summed E-state index contributed by atoms with van der Waals surface area (Å²) >= 11 is 5.85.